The summed E-state index contributed by atoms with van der Waals surface area (Å²) in [5.74, 6) is 0.786. The van der Waals surface area contributed by atoms with Gasteiger partial charge in [0, 0.05) is 27.8 Å². The van der Waals surface area contributed by atoms with Crippen molar-refractivity contribution in [2.75, 3.05) is 21.7 Å². The quantitative estimate of drug-likeness (QED) is 0.288. The maximum atomic E-state index is 12.5. The molecule has 2 aromatic carbocycles. The number of thiocarbonyl (C=S) groups is 1. The van der Waals surface area contributed by atoms with Gasteiger partial charge >= 0.3 is 0 Å². The second-order valence-corrected chi connectivity index (χ2v) is 9.84. The summed E-state index contributed by atoms with van der Waals surface area (Å²) in [4.78, 5) is 17.8. The molecule has 0 aliphatic rings. The van der Waals surface area contributed by atoms with Gasteiger partial charge in [-0.05, 0) is 55.2 Å². The Hall–Kier alpha value is -2.14. The van der Waals surface area contributed by atoms with Crippen LogP contribution in [0.5, 0.6) is 0 Å². The van der Waals surface area contributed by atoms with Crippen molar-refractivity contribution >= 4 is 74.8 Å². The van der Waals surface area contributed by atoms with E-state index in [0.717, 1.165) is 22.0 Å². The number of para-hydroxylation sites is 1. The van der Waals surface area contributed by atoms with Crippen LogP contribution in [0, 0.1) is 0 Å². The van der Waals surface area contributed by atoms with E-state index in [1.165, 1.54) is 23.3 Å². The molecule has 6 nitrogen and oxygen atoms in total. The van der Waals surface area contributed by atoms with Crippen LogP contribution in [0.3, 0.4) is 0 Å². The molecule has 0 radical (unpaired) electrons. The first-order valence-electron chi connectivity index (χ1n) is 9.20. The molecule has 0 spiro atoms. The van der Waals surface area contributed by atoms with Crippen molar-refractivity contribution in [3.63, 3.8) is 0 Å². The average Bonchev–Trinajstić information content (AvgIpc) is 3.16. The first-order valence-corrected chi connectivity index (χ1v) is 12.3. The molecule has 1 unspecified atom stereocenters. The molecule has 3 rings (SSSR count). The molecule has 0 fully saturated rings. The van der Waals surface area contributed by atoms with E-state index in [-0.39, 0.29) is 11.2 Å². The van der Waals surface area contributed by atoms with Gasteiger partial charge in [-0.15, -0.1) is 11.8 Å². The van der Waals surface area contributed by atoms with E-state index in [2.05, 4.69) is 25.3 Å². The molecule has 10 heteroatoms. The third-order valence-corrected chi connectivity index (χ3v) is 6.49. The van der Waals surface area contributed by atoms with Crippen LogP contribution in [0.1, 0.15) is 13.8 Å². The Kier molecular flexibility index (Phi) is 8.50. The number of anilines is 3. The summed E-state index contributed by atoms with van der Waals surface area (Å²) in [6.45, 7) is 3.90. The second kappa shape index (κ2) is 11.3. The molecule has 1 atom stereocenters. The zero-order chi connectivity index (χ0) is 21.3. The van der Waals surface area contributed by atoms with Gasteiger partial charge in [0.05, 0.1) is 5.25 Å². The highest BCUT2D eigenvalue weighted by atomic mass is 32.2. The molecule has 1 amide bonds. The minimum atomic E-state index is -0.291. The van der Waals surface area contributed by atoms with Crippen molar-refractivity contribution in [3.05, 3.63) is 54.6 Å². The van der Waals surface area contributed by atoms with Crippen LogP contribution in [-0.4, -0.2) is 31.4 Å². The van der Waals surface area contributed by atoms with Gasteiger partial charge in [0.1, 0.15) is 0 Å². The molecule has 0 bridgehead atoms. The molecule has 0 saturated carbocycles. The number of carbonyl (C=O) groups is 1. The molecule has 1 aromatic heterocycles. The SMILES string of the molecule is CCSc1nsc(NC(=O)C(C)Sc2cccc(NC(=S)Nc3ccccc3)c2)n1. The van der Waals surface area contributed by atoms with E-state index in [1.54, 1.807) is 11.8 Å². The van der Waals surface area contributed by atoms with E-state index >= 15 is 0 Å². The molecular weight excluding hydrogens is 455 g/mol. The zero-order valence-corrected chi connectivity index (χ0v) is 19.7. The topological polar surface area (TPSA) is 78.9 Å². The highest BCUT2D eigenvalue weighted by Crippen LogP contribution is 2.27. The van der Waals surface area contributed by atoms with Crippen LogP contribution in [-0.2, 0) is 4.79 Å². The monoisotopic (exact) mass is 475 g/mol. The van der Waals surface area contributed by atoms with Gasteiger partial charge in [-0.2, -0.15) is 9.36 Å². The Bertz CT molecular complexity index is 996. The lowest BCUT2D eigenvalue weighted by molar-refractivity contribution is -0.115. The minimum Gasteiger partial charge on any atom is -0.332 e. The van der Waals surface area contributed by atoms with Gasteiger partial charge < -0.3 is 10.6 Å². The summed E-state index contributed by atoms with van der Waals surface area (Å²) in [6.07, 6.45) is 0. The highest BCUT2D eigenvalue weighted by Gasteiger charge is 2.17. The van der Waals surface area contributed by atoms with Gasteiger partial charge in [0.2, 0.25) is 16.2 Å². The molecule has 30 heavy (non-hydrogen) atoms. The predicted octanol–water partition coefficient (Wildman–Crippen LogP) is 5.58. The Morgan fingerprint density at radius 3 is 2.60 bits per heavy atom. The largest absolute Gasteiger partial charge is 0.332 e. The van der Waals surface area contributed by atoms with Crippen LogP contribution in [0.25, 0.3) is 0 Å². The van der Waals surface area contributed by atoms with Crippen LogP contribution in [0.4, 0.5) is 16.5 Å². The number of nitrogens with zero attached hydrogens (tertiary/aromatic N) is 2. The fourth-order valence-corrected chi connectivity index (χ4v) is 4.81. The summed E-state index contributed by atoms with van der Waals surface area (Å²) >= 11 is 9.59. The van der Waals surface area contributed by atoms with Crippen molar-refractivity contribution in [1.29, 1.82) is 0 Å². The van der Waals surface area contributed by atoms with E-state index in [4.69, 9.17) is 12.2 Å². The second-order valence-electron chi connectivity index (χ2n) is 6.04. The highest BCUT2D eigenvalue weighted by molar-refractivity contribution is 8.00. The lowest BCUT2D eigenvalue weighted by Crippen LogP contribution is -2.22. The van der Waals surface area contributed by atoms with Crippen molar-refractivity contribution in [2.45, 2.75) is 29.1 Å². The van der Waals surface area contributed by atoms with Crippen LogP contribution < -0.4 is 16.0 Å². The summed E-state index contributed by atoms with van der Waals surface area (Å²) in [5.41, 5.74) is 1.77. The summed E-state index contributed by atoms with van der Waals surface area (Å²) in [6, 6.07) is 17.5. The Balaban J connectivity index is 1.54. The number of hydrogen-bond acceptors (Lipinski definition) is 7. The van der Waals surface area contributed by atoms with Gasteiger partial charge in [0.15, 0.2) is 5.11 Å². The van der Waals surface area contributed by atoms with Gasteiger partial charge in [-0.3, -0.25) is 10.1 Å². The number of nitrogens with one attached hydrogen (secondary N) is 3. The van der Waals surface area contributed by atoms with Crippen molar-refractivity contribution in [2.24, 2.45) is 0 Å². The molecule has 1 heterocycles. The molecule has 0 saturated heterocycles. The number of hydrogen-bond donors (Lipinski definition) is 3. The third kappa shape index (κ3) is 6.98. The lowest BCUT2D eigenvalue weighted by Gasteiger charge is -2.13. The average molecular weight is 476 g/mol. The number of amides is 1. The molecule has 0 aliphatic heterocycles. The third-order valence-electron chi connectivity index (χ3n) is 3.72. The molecule has 156 valence electrons. The van der Waals surface area contributed by atoms with Crippen LogP contribution >= 0.6 is 47.3 Å². The van der Waals surface area contributed by atoms with Crippen molar-refractivity contribution in [3.8, 4) is 0 Å². The van der Waals surface area contributed by atoms with E-state index in [0.29, 0.717) is 15.4 Å². The first-order chi connectivity index (χ1) is 14.5. The summed E-state index contributed by atoms with van der Waals surface area (Å²) < 4.78 is 4.22. The normalized spacial score (nSPS) is 11.5. The van der Waals surface area contributed by atoms with Gasteiger partial charge in [-0.1, -0.05) is 43.0 Å². The number of carbonyl (C=O) groups excluding carboxylic acids is 1. The number of benzene rings is 2. The molecule has 3 aromatic rings. The smallest absolute Gasteiger partial charge is 0.239 e. The lowest BCUT2D eigenvalue weighted by atomic mass is 10.3. The Morgan fingerprint density at radius 1 is 1.10 bits per heavy atom. The van der Waals surface area contributed by atoms with Crippen molar-refractivity contribution in [1.82, 2.24) is 9.36 Å². The standard InChI is InChI=1S/C20H21N5OS4/c1-3-28-20-24-19(30-25-20)23-17(26)13(2)29-16-11-7-10-15(12-16)22-18(27)21-14-8-5-4-6-9-14/h4-13H,3H2,1-2H3,(H2,21,22,27)(H,23,24,25,26). The van der Waals surface area contributed by atoms with Crippen LogP contribution in [0.2, 0.25) is 0 Å². The molecule has 3 N–H and O–H groups in total. The number of thioether (sulfide) groups is 2. The maximum absolute atomic E-state index is 12.5. The molecule has 0 aliphatic carbocycles. The number of aromatic nitrogens is 2. The van der Waals surface area contributed by atoms with Gasteiger partial charge in [-0.25, -0.2) is 0 Å². The van der Waals surface area contributed by atoms with Crippen LogP contribution in [0.15, 0.2) is 64.6 Å². The minimum absolute atomic E-state index is 0.108. The Labute approximate surface area is 193 Å². The predicted molar refractivity (Wildman–Crippen MR) is 133 cm³/mol. The Morgan fingerprint density at radius 2 is 1.83 bits per heavy atom. The summed E-state index contributed by atoms with van der Waals surface area (Å²) in [7, 11) is 0. The fourth-order valence-electron chi connectivity index (χ4n) is 2.38. The van der Waals surface area contributed by atoms with Crippen molar-refractivity contribution < 1.29 is 4.79 Å². The molecular formula is C20H21N5OS4. The van der Waals surface area contributed by atoms with E-state index < -0.39 is 0 Å². The van der Waals surface area contributed by atoms with E-state index in [9.17, 15) is 4.79 Å². The fraction of sp³-hybridized carbons (Fsp3) is 0.200. The van der Waals surface area contributed by atoms with Gasteiger partial charge in [0.25, 0.3) is 0 Å². The zero-order valence-electron chi connectivity index (χ0n) is 16.4. The number of rotatable bonds is 8. The summed E-state index contributed by atoms with van der Waals surface area (Å²) in [5, 5.41) is 10.6. The maximum Gasteiger partial charge on any atom is 0.239 e. The first kappa shape index (κ1) is 22.5. The van der Waals surface area contributed by atoms with E-state index in [1.807, 2.05) is 68.4 Å².